The van der Waals surface area contributed by atoms with E-state index < -0.39 is 5.60 Å². The summed E-state index contributed by atoms with van der Waals surface area (Å²) in [5.74, 6) is 0. The second-order valence-electron chi connectivity index (χ2n) is 8.37. The number of carbonyl (C=O) groups is 1. The van der Waals surface area contributed by atoms with Crippen LogP contribution in [0.3, 0.4) is 0 Å². The number of hydrogen-bond donors (Lipinski definition) is 0. The number of fused-ring (bicyclic) bond motifs is 1. The first-order chi connectivity index (χ1) is 14.2. The summed E-state index contributed by atoms with van der Waals surface area (Å²) in [5.41, 5.74) is 4.41. The summed E-state index contributed by atoms with van der Waals surface area (Å²) in [6.45, 7) is 7.23. The topological polar surface area (TPSA) is 47.4 Å². The Labute approximate surface area is 185 Å². The quantitative estimate of drug-likeness (QED) is 0.464. The molecule has 30 heavy (non-hydrogen) atoms. The molecule has 0 spiro atoms. The Morgan fingerprint density at radius 1 is 1.17 bits per heavy atom. The Kier molecular flexibility index (Phi) is 5.51. The average molecular weight is 444 g/mol. The SMILES string of the molecule is CC(C)(C)OC(=O)N1CC=C(c2cc3nc(Cl)ccc3n2Cc2cccc(Cl)c2)C1. The van der Waals surface area contributed by atoms with Crippen molar-refractivity contribution in [1.29, 1.82) is 0 Å². The van der Waals surface area contributed by atoms with Crippen LogP contribution in [0.15, 0.2) is 48.5 Å². The minimum atomic E-state index is -0.526. The van der Waals surface area contributed by atoms with Crippen LogP contribution in [0.5, 0.6) is 0 Å². The van der Waals surface area contributed by atoms with Gasteiger partial charge in [-0.15, -0.1) is 0 Å². The summed E-state index contributed by atoms with van der Waals surface area (Å²) in [7, 11) is 0. The molecule has 1 aromatic carbocycles. The number of amides is 1. The standard InChI is InChI=1S/C23H23Cl2N3O2/c1-23(2,3)30-22(29)27-10-9-16(14-27)20-12-18-19(7-8-21(25)26-18)28(20)13-15-5-4-6-17(24)11-15/h4-9,11-12H,10,13-14H2,1-3H3. The van der Waals surface area contributed by atoms with Crippen molar-refractivity contribution < 1.29 is 9.53 Å². The van der Waals surface area contributed by atoms with E-state index in [1.807, 2.05) is 57.2 Å². The fraction of sp³-hybridized carbons (Fsp3) is 0.304. The number of carbonyl (C=O) groups excluding carboxylic acids is 1. The Morgan fingerprint density at radius 2 is 1.97 bits per heavy atom. The monoisotopic (exact) mass is 443 g/mol. The number of hydrogen-bond acceptors (Lipinski definition) is 3. The fourth-order valence-electron chi connectivity index (χ4n) is 3.57. The Hall–Kier alpha value is -2.50. The molecule has 1 amide bonds. The van der Waals surface area contributed by atoms with Gasteiger partial charge in [0.05, 0.1) is 17.6 Å². The van der Waals surface area contributed by atoms with E-state index in [0.717, 1.165) is 27.9 Å². The molecule has 0 aliphatic carbocycles. The smallest absolute Gasteiger partial charge is 0.410 e. The Bertz CT molecular complexity index is 1150. The highest BCUT2D eigenvalue weighted by atomic mass is 35.5. The molecule has 0 fully saturated rings. The van der Waals surface area contributed by atoms with Gasteiger partial charge in [0.15, 0.2) is 0 Å². The minimum absolute atomic E-state index is 0.313. The highest BCUT2D eigenvalue weighted by Gasteiger charge is 2.27. The van der Waals surface area contributed by atoms with Crippen LogP contribution in [0.4, 0.5) is 4.79 Å². The number of rotatable bonds is 3. The van der Waals surface area contributed by atoms with Crippen molar-refractivity contribution in [2.45, 2.75) is 32.9 Å². The van der Waals surface area contributed by atoms with E-state index >= 15 is 0 Å². The lowest BCUT2D eigenvalue weighted by molar-refractivity contribution is 0.0306. The number of halogens is 2. The molecule has 0 saturated carbocycles. The molecule has 0 bridgehead atoms. The van der Waals surface area contributed by atoms with Crippen molar-refractivity contribution in [3.8, 4) is 0 Å². The Morgan fingerprint density at radius 3 is 2.70 bits per heavy atom. The van der Waals surface area contributed by atoms with Crippen molar-refractivity contribution >= 4 is 45.9 Å². The number of pyridine rings is 1. The number of aromatic nitrogens is 2. The molecule has 0 N–H and O–H groups in total. The van der Waals surface area contributed by atoms with Crippen LogP contribution in [0.25, 0.3) is 16.6 Å². The van der Waals surface area contributed by atoms with Crippen LogP contribution in [0.2, 0.25) is 10.2 Å². The summed E-state index contributed by atoms with van der Waals surface area (Å²) in [5, 5.41) is 1.15. The summed E-state index contributed by atoms with van der Waals surface area (Å²) < 4.78 is 7.71. The van der Waals surface area contributed by atoms with Gasteiger partial charge < -0.3 is 14.2 Å². The van der Waals surface area contributed by atoms with E-state index in [0.29, 0.717) is 29.8 Å². The molecule has 1 aliphatic heterocycles. The maximum atomic E-state index is 12.5. The molecule has 3 heterocycles. The van der Waals surface area contributed by atoms with E-state index in [4.69, 9.17) is 27.9 Å². The molecule has 0 saturated heterocycles. The second-order valence-corrected chi connectivity index (χ2v) is 9.20. The van der Waals surface area contributed by atoms with Gasteiger partial charge in [-0.2, -0.15) is 0 Å². The highest BCUT2D eigenvalue weighted by Crippen LogP contribution is 2.30. The van der Waals surface area contributed by atoms with Crippen LogP contribution < -0.4 is 0 Å². The predicted molar refractivity (Wildman–Crippen MR) is 121 cm³/mol. The van der Waals surface area contributed by atoms with Gasteiger partial charge in [0.1, 0.15) is 10.8 Å². The van der Waals surface area contributed by atoms with Crippen LogP contribution in [0.1, 0.15) is 32.0 Å². The molecule has 3 aromatic rings. The van der Waals surface area contributed by atoms with E-state index in [-0.39, 0.29) is 6.09 Å². The summed E-state index contributed by atoms with van der Waals surface area (Å²) >= 11 is 12.3. The van der Waals surface area contributed by atoms with E-state index in [9.17, 15) is 4.79 Å². The zero-order valence-electron chi connectivity index (χ0n) is 17.2. The largest absolute Gasteiger partial charge is 0.444 e. The molecular formula is C23H23Cl2N3O2. The van der Waals surface area contributed by atoms with Gasteiger partial charge in [0, 0.05) is 23.8 Å². The molecule has 5 nitrogen and oxygen atoms in total. The van der Waals surface area contributed by atoms with E-state index in [1.54, 1.807) is 11.0 Å². The molecule has 0 radical (unpaired) electrons. The summed E-state index contributed by atoms with van der Waals surface area (Å²) in [6, 6.07) is 13.6. The summed E-state index contributed by atoms with van der Waals surface area (Å²) in [6.07, 6.45) is 1.75. The predicted octanol–water partition coefficient (Wildman–Crippen LogP) is 6.03. The third kappa shape index (κ3) is 4.47. The van der Waals surface area contributed by atoms with Gasteiger partial charge in [0.25, 0.3) is 0 Å². The van der Waals surface area contributed by atoms with Crippen molar-refractivity contribution in [3.63, 3.8) is 0 Å². The van der Waals surface area contributed by atoms with Crippen LogP contribution in [-0.4, -0.2) is 39.2 Å². The molecule has 0 unspecified atom stereocenters. The van der Waals surface area contributed by atoms with Gasteiger partial charge >= 0.3 is 6.09 Å². The maximum Gasteiger partial charge on any atom is 0.410 e. The van der Waals surface area contributed by atoms with E-state index in [2.05, 4.69) is 15.6 Å². The first kappa shape index (κ1) is 20.8. The van der Waals surface area contributed by atoms with Gasteiger partial charge in [-0.05, 0) is 62.2 Å². The van der Waals surface area contributed by atoms with Gasteiger partial charge in [-0.25, -0.2) is 9.78 Å². The molecule has 7 heteroatoms. The molecule has 2 aromatic heterocycles. The molecule has 1 aliphatic rings. The third-order valence-electron chi connectivity index (χ3n) is 4.85. The number of nitrogens with zero attached hydrogens (tertiary/aromatic N) is 3. The van der Waals surface area contributed by atoms with Crippen molar-refractivity contribution in [3.05, 3.63) is 70.0 Å². The zero-order valence-corrected chi connectivity index (χ0v) is 18.7. The van der Waals surface area contributed by atoms with Gasteiger partial charge in [-0.3, -0.25) is 0 Å². The first-order valence-electron chi connectivity index (χ1n) is 9.77. The number of benzene rings is 1. The van der Waals surface area contributed by atoms with Gasteiger partial charge in [-0.1, -0.05) is 41.4 Å². The normalized spacial score (nSPS) is 14.3. The van der Waals surface area contributed by atoms with Crippen LogP contribution >= 0.6 is 23.2 Å². The molecule has 156 valence electrons. The minimum Gasteiger partial charge on any atom is -0.444 e. The second kappa shape index (κ2) is 7.97. The fourth-order valence-corrected chi connectivity index (χ4v) is 3.94. The van der Waals surface area contributed by atoms with Crippen molar-refractivity contribution in [1.82, 2.24) is 14.5 Å². The maximum absolute atomic E-state index is 12.5. The average Bonchev–Trinajstić information content (AvgIpc) is 3.25. The lowest BCUT2D eigenvalue weighted by Gasteiger charge is -2.24. The third-order valence-corrected chi connectivity index (χ3v) is 5.30. The lowest BCUT2D eigenvalue weighted by atomic mass is 10.2. The lowest BCUT2D eigenvalue weighted by Crippen LogP contribution is -2.35. The van der Waals surface area contributed by atoms with E-state index in [1.165, 1.54) is 0 Å². The highest BCUT2D eigenvalue weighted by molar-refractivity contribution is 6.30. The van der Waals surface area contributed by atoms with Crippen LogP contribution in [-0.2, 0) is 11.3 Å². The van der Waals surface area contributed by atoms with Crippen molar-refractivity contribution in [2.24, 2.45) is 0 Å². The molecule has 4 rings (SSSR count). The van der Waals surface area contributed by atoms with Crippen molar-refractivity contribution in [2.75, 3.05) is 13.1 Å². The van der Waals surface area contributed by atoms with Gasteiger partial charge in [0.2, 0.25) is 0 Å². The zero-order chi connectivity index (χ0) is 21.5. The first-order valence-corrected chi connectivity index (χ1v) is 10.5. The summed E-state index contributed by atoms with van der Waals surface area (Å²) in [4.78, 5) is 18.7. The van der Waals surface area contributed by atoms with Crippen LogP contribution in [0, 0.1) is 0 Å². The Balaban J connectivity index is 1.68. The number of ether oxygens (including phenoxy) is 1. The molecule has 0 atom stereocenters. The molecular weight excluding hydrogens is 421 g/mol.